The van der Waals surface area contributed by atoms with Crippen molar-refractivity contribution in [2.45, 2.75) is 22.6 Å². The van der Waals surface area contributed by atoms with Crippen LogP contribution in [0, 0.1) is 17.6 Å². The van der Waals surface area contributed by atoms with Gasteiger partial charge in [-0.1, -0.05) is 0 Å². The van der Waals surface area contributed by atoms with Gasteiger partial charge in [-0.15, -0.1) is 11.8 Å². The molecule has 0 aliphatic carbocycles. The van der Waals surface area contributed by atoms with Crippen molar-refractivity contribution in [1.82, 2.24) is 4.31 Å². The number of thioether (sulfide) groups is 1. The number of piperidine rings is 1. The van der Waals surface area contributed by atoms with E-state index in [1.807, 2.05) is 30.5 Å². The molecule has 1 saturated heterocycles. The molecule has 2 aromatic rings. The molecule has 1 amide bonds. The average molecular weight is 427 g/mol. The Kier molecular flexibility index (Phi) is 6.36. The number of carbonyl (C=O) groups is 1. The molecule has 3 rings (SSSR count). The summed E-state index contributed by atoms with van der Waals surface area (Å²) in [6, 6.07) is 10.0. The molecule has 5 nitrogen and oxygen atoms in total. The normalized spacial score (nSPS) is 16.1. The SMILES string of the molecule is CSc1ccc(NC(=O)C2CCN(S(=O)(=O)c3ccc(F)c(F)c3)CC2)cc1. The molecule has 0 bridgehead atoms. The molecule has 0 radical (unpaired) electrons. The molecule has 1 fully saturated rings. The summed E-state index contributed by atoms with van der Waals surface area (Å²) >= 11 is 1.61. The van der Waals surface area contributed by atoms with Crippen LogP contribution in [-0.2, 0) is 14.8 Å². The smallest absolute Gasteiger partial charge is 0.243 e. The first kappa shape index (κ1) is 20.8. The molecule has 0 aromatic heterocycles. The summed E-state index contributed by atoms with van der Waals surface area (Å²) < 4.78 is 52.9. The van der Waals surface area contributed by atoms with Crippen molar-refractivity contribution in [3.63, 3.8) is 0 Å². The van der Waals surface area contributed by atoms with Crippen molar-refractivity contribution < 1.29 is 22.0 Å². The molecule has 28 heavy (non-hydrogen) atoms. The molecule has 1 aliphatic heterocycles. The lowest BCUT2D eigenvalue weighted by molar-refractivity contribution is -0.120. The van der Waals surface area contributed by atoms with Gasteiger partial charge in [-0.25, -0.2) is 17.2 Å². The van der Waals surface area contributed by atoms with Crippen molar-refractivity contribution in [1.29, 1.82) is 0 Å². The van der Waals surface area contributed by atoms with Gasteiger partial charge in [-0.05, 0) is 61.6 Å². The van der Waals surface area contributed by atoms with E-state index in [-0.39, 0.29) is 29.8 Å². The van der Waals surface area contributed by atoms with Crippen molar-refractivity contribution >= 4 is 33.4 Å². The molecule has 1 aliphatic rings. The first-order chi connectivity index (χ1) is 13.3. The van der Waals surface area contributed by atoms with Gasteiger partial charge in [0.2, 0.25) is 15.9 Å². The number of halogens is 2. The van der Waals surface area contributed by atoms with Gasteiger partial charge in [-0.3, -0.25) is 4.79 Å². The Morgan fingerprint density at radius 1 is 1.07 bits per heavy atom. The fourth-order valence-electron chi connectivity index (χ4n) is 3.06. The maximum atomic E-state index is 13.4. The number of amides is 1. The van der Waals surface area contributed by atoms with Crippen LogP contribution in [0.5, 0.6) is 0 Å². The summed E-state index contributed by atoms with van der Waals surface area (Å²) in [5, 5.41) is 2.85. The molecular weight excluding hydrogens is 406 g/mol. The highest BCUT2D eigenvalue weighted by Gasteiger charge is 2.32. The van der Waals surface area contributed by atoms with Gasteiger partial charge in [0, 0.05) is 29.6 Å². The minimum atomic E-state index is -3.92. The van der Waals surface area contributed by atoms with Gasteiger partial charge in [0.15, 0.2) is 11.6 Å². The van der Waals surface area contributed by atoms with Crippen LogP contribution in [0.15, 0.2) is 52.3 Å². The van der Waals surface area contributed by atoms with E-state index in [0.717, 1.165) is 17.0 Å². The highest BCUT2D eigenvalue weighted by Crippen LogP contribution is 2.26. The zero-order chi connectivity index (χ0) is 20.3. The van der Waals surface area contributed by atoms with E-state index >= 15 is 0 Å². The molecular formula is C19H20F2N2O3S2. The standard InChI is InChI=1S/C19H20F2N2O3S2/c1-27-15-4-2-14(3-5-15)22-19(24)13-8-10-23(11-9-13)28(25,26)16-6-7-17(20)18(21)12-16/h2-7,12-13H,8-11H2,1H3,(H,22,24). The maximum Gasteiger partial charge on any atom is 0.243 e. The lowest BCUT2D eigenvalue weighted by Crippen LogP contribution is -2.41. The minimum absolute atomic E-state index is 0.144. The van der Waals surface area contributed by atoms with E-state index in [2.05, 4.69) is 5.32 Å². The highest BCUT2D eigenvalue weighted by molar-refractivity contribution is 7.98. The Hall–Kier alpha value is -1.97. The second kappa shape index (κ2) is 8.59. The summed E-state index contributed by atoms with van der Waals surface area (Å²) in [5.74, 6) is -2.76. The van der Waals surface area contributed by atoms with Gasteiger partial charge in [0.1, 0.15) is 0 Å². The van der Waals surface area contributed by atoms with Crippen LogP contribution >= 0.6 is 11.8 Å². The number of hydrogen-bond donors (Lipinski definition) is 1. The fourth-order valence-corrected chi connectivity index (χ4v) is 4.95. The largest absolute Gasteiger partial charge is 0.326 e. The van der Waals surface area contributed by atoms with Crippen molar-refractivity contribution in [2.75, 3.05) is 24.7 Å². The third-order valence-corrected chi connectivity index (χ3v) is 7.35. The molecule has 1 heterocycles. The van der Waals surface area contributed by atoms with Crippen LogP contribution in [0.1, 0.15) is 12.8 Å². The lowest BCUT2D eigenvalue weighted by Gasteiger charge is -2.30. The quantitative estimate of drug-likeness (QED) is 0.740. The average Bonchev–Trinajstić information content (AvgIpc) is 2.70. The van der Waals surface area contributed by atoms with Crippen LogP contribution in [0.2, 0.25) is 0 Å². The molecule has 0 unspecified atom stereocenters. The zero-order valence-corrected chi connectivity index (χ0v) is 16.8. The van der Waals surface area contributed by atoms with E-state index in [1.54, 1.807) is 11.8 Å². The van der Waals surface area contributed by atoms with Crippen LogP contribution < -0.4 is 5.32 Å². The van der Waals surface area contributed by atoms with Gasteiger partial charge < -0.3 is 5.32 Å². The summed E-state index contributed by atoms with van der Waals surface area (Å²) in [7, 11) is -3.92. The summed E-state index contributed by atoms with van der Waals surface area (Å²) in [6.07, 6.45) is 2.69. The topological polar surface area (TPSA) is 66.5 Å². The summed E-state index contributed by atoms with van der Waals surface area (Å²) in [4.78, 5) is 13.3. The monoisotopic (exact) mass is 426 g/mol. The molecule has 0 saturated carbocycles. The van der Waals surface area contributed by atoms with Crippen molar-refractivity contribution in [3.8, 4) is 0 Å². The van der Waals surface area contributed by atoms with E-state index in [4.69, 9.17) is 0 Å². The Balaban J connectivity index is 1.61. The number of hydrogen-bond acceptors (Lipinski definition) is 4. The van der Waals surface area contributed by atoms with Crippen molar-refractivity contribution in [2.24, 2.45) is 5.92 Å². The Morgan fingerprint density at radius 2 is 1.71 bits per heavy atom. The zero-order valence-electron chi connectivity index (χ0n) is 15.2. The van der Waals surface area contributed by atoms with Crippen LogP contribution in [-0.4, -0.2) is 38.0 Å². The third kappa shape index (κ3) is 4.53. The molecule has 2 aromatic carbocycles. The van der Waals surface area contributed by atoms with Crippen LogP contribution in [0.25, 0.3) is 0 Å². The van der Waals surface area contributed by atoms with E-state index in [0.29, 0.717) is 24.6 Å². The van der Waals surface area contributed by atoms with Crippen LogP contribution in [0.4, 0.5) is 14.5 Å². The summed E-state index contributed by atoms with van der Waals surface area (Å²) in [6.45, 7) is 0.287. The lowest BCUT2D eigenvalue weighted by atomic mass is 9.97. The molecule has 0 spiro atoms. The number of benzene rings is 2. The third-order valence-electron chi connectivity index (χ3n) is 4.71. The Labute approximate surface area is 167 Å². The van der Waals surface area contributed by atoms with E-state index < -0.39 is 21.7 Å². The van der Waals surface area contributed by atoms with Gasteiger partial charge in [0.25, 0.3) is 0 Å². The van der Waals surface area contributed by atoms with Gasteiger partial charge >= 0.3 is 0 Å². The highest BCUT2D eigenvalue weighted by atomic mass is 32.2. The number of nitrogens with one attached hydrogen (secondary N) is 1. The number of rotatable bonds is 5. The first-order valence-electron chi connectivity index (χ1n) is 8.71. The number of anilines is 1. The van der Waals surface area contributed by atoms with Crippen molar-refractivity contribution in [3.05, 3.63) is 54.1 Å². The van der Waals surface area contributed by atoms with Gasteiger partial charge in [0.05, 0.1) is 4.90 Å². The number of sulfonamides is 1. The Bertz CT molecular complexity index is 958. The second-order valence-electron chi connectivity index (χ2n) is 6.47. The predicted octanol–water partition coefficient (Wildman–Crippen LogP) is 3.73. The Morgan fingerprint density at radius 3 is 2.29 bits per heavy atom. The van der Waals surface area contributed by atoms with E-state index in [1.165, 1.54) is 4.31 Å². The molecule has 1 N–H and O–H groups in total. The van der Waals surface area contributed by atoms with Crippen LogP contribution in [0.3, 0.4) is 0 Å². The van der Waals surface area contributed by atoms with E-state index in [9.17, 15) is 22.0 Å². The first-order valence-corrected chi connectivity index (χ1v) is 11.4. The minimum Gasteiger partial charge on any atom is -0.326 e. The number of carbonyl (C=O) groups excluding carboxylic acids is 1. The maximum absolute atomic E-state index is 13.4. The fraction of sp³-hybridized carbons (Fsp3) is 0.316. The summed E-state index contributed by atoms with van der Waals surface area (Å²) in [5.41, 5.74) is 0.694. The molecule has 0 atom stereocenters. The predicted molar refractivity (Wildman–Crippen MR) is 105 cm³/mol. The molecule has 9 heteroatoms. The second-order valence-corrected chi connectivity index (χ2v) is 9.29. The van der Waals surface area contributed by atoms with Gasteiger partial charge in [-0.2, -0.15) is 4.31 Å². The number of nitrogens with zero attached hydrogens (tertiary/aromatic N) is 1. The molecule has 150 valence electrons.